The Bertz CT molecular complexity index is 1130. The van der Waals surface area contributed by atoms with E-state index < -0.39 is 27.9 Å². The van der Waals surface area contributed by atoms with E-state index in [4.69, 9.17) is 9.26 Å². The SMILES string of the molecule is Cc1noc(C)c1S(=O)(=O)N1CC(Oc2nc3c(C(F)(F)F)cccc3s2)C1. The highest BCUT2D eigenvalue weighted by molar-refractivity contribution is 7.89. The Morgan fingerprint density at radius 1 is 1.29 bits per heavy atom. The van der Waals surface area contributed by atoms with Gasteiger partial charge in [-0.05, 0) is 26.0 Å². The van der Waals surface area contributed by atoms with Gasteiger partial charge in [0.1, 0.15) is 16.7 Å². The number of aryl methyl sites for hydroxylation is 2. The zero-order valence-electron chi connectivity index (χ0n) is 14.6. The fourth-order valence-corrected chi connectivity index (χ4v) is 5.70. The first-order valence-electron chi connectivity index (χ1n) is 8.14. The summed E-state index contributed by atoms with van der Waals surface area (Å²) in [6, 6.07) is 3.81. The molecule has 0 bridgehead atoms. The number of alkyl halides is 3. The lowest BCUT2D eigenvalue weighted by atomic mass is 10.2. The summed E-state index contributed by atoms with van der Waals surface area (Å²) in [7, 11) is -3.76. The van der Waals surface area contributed by atoms with Crippen LogP contribution in [0.5, 0.6) is 5.19 Å². The smallest absolute Gasteiger partial charge is 0.418 e. The van der Waals surface area contributed by atoms with Crippen LogP contribution in [0.25, 0.3) is 10.2 Å². The van der Waals surface area contributed by atoms with E-state index in [9.17, 15) is 21.6 Å². The fraction of sp³-hybridized carbons (Fsp3) is 0.375. The average Bonchev–Trinajstić information content (AvgIpc) is 3.11. The highest BCUT2D eigenvalue weighted by atomic mass is 32.2. The summed E-state index contributed by atoms with van der Waals surface area (Å²) in [4.78, 5) is 3.98. The summed E-state index contributed by atoms with van der Waals surface area (Å²) < 4.78 is 76.6. The molecule has 0 unspecified atom stereocenters. The number of fused-ring (bicyclic) bond motifs is 1. The van der Waals surface area contributed by atoms with Gasteiger partial charge in [0, 0.05) is 0 Å². The number of sulfonamides is 1. The van der Waals surface area contributed by atoms with E-state index in [0.717, 1.165) is 17.4 Å². The second kappa shape index (κ2) is 6.42. The number of rotatable bonds is 4. The second-order valence-electron chi connectivity index (χ2n) is 6.35. The van der Waals surface area contributed by atoms with Crippen LogP contribution in [-0.2, 0) is 16.2 Å². The third-order valence-corrected chi connectivity index (χ3v) is 7.34. The molecule has 0 atom stereocenters. The Kier molecular flexibility index (Phi) is 4.39. The molecule has 1 saturated heterocycles. The maximum Gasteiger partial charge on any atom is 0.418 e. The summed E-state index contributed by atoms with van der Waals surface area (Å²) in [5.41, 5.74) is -0.727. The first-order valence-corrected chi connectivity index (χ1v) is 10.4. The molecule has 12 heteroatoms. The van der Waals surface area contributed by atoms with Crippen molar-refractivity contribution in [2.75, 3.05) is 13.1 Å². The number of benzene rings is 1. The van der Waals surface area contributed by atoms with Crippen LogP contribution in [0.1, 0.15) is 17.0 Å². The van der Waals surface area contributed by atoms with Crippen LogP contribution >= 0.6 is 11.3 Å². The molecule has 0 amide bonds. The minimum atomic E-state index is -4.51. The van der Waals surface area contributed by atoms with Crippen molar-refractivity contribution in [3.8, 4) is 5.19 Å². The molecule has 3 aromatic rings. The highest BCUT2D eigenvalue weighted by Crippen LogP contribution is 2.39. The molecular formula is C16H14F3N3O4S2. The van der Waals surface area contributed by atoms with Crippen LogP contribution < -0.4 is 4.74 Å². The molecule has 1 aromatic carbocycles. The van der Waals surface area contributed by atoms with Crippen LogP contribution in [0.4, 0.5) is 13.2 Å². The molecule has 0 saturated carbocycles. The van der Waals surface area contributed by atoms with Gasteiger partial charge in [0.15, 0.2) is 5.76 Å². The van der Waals surface area contributed by atoms with Crippen molar-refractivity contribution in [2.45, 2.75) is 31.0 Å². The van der Waals surface area contributed by atoms with Crippen molar-refractivity contribution in [1.29, 1.82) is 0 Å². The van der Waals surface area contributed by atoms with E-state index in [0.29, 0.717) is 4.70 Å². The molecule has 0 spiro atoms. The maximum atomic E-state index is 13.1. The van der Waals surface area contributed by atoms with Gasteiger partial charge in [0.05, 0.1) is 28.9 Å². The molecule has 28 heavy (non-hydrogen) atoms. The second-order valence-corrected chi connectivity index (χ2v) is 9.21. The Labute approximate surface area is 161 Å². The number of thiazole rings is 1. The van der Waals surface area contributed by atoms with Gasteiger partial charge in [-0.25, -0.2) is 13.4 Å². The van der Waals surface area contributed by atoms with Crippen molar-refractivity contribution in [1.82, 2.24) is 14.4 Å². The van der Waals surface area contributed by atoms with Gasteiger partial charge in [0.2, 0.25) is 10.0 Å². The number of para-hydroxylation sites is 1. The summed E-state index contributed by atoms with van der Waals surface area (Å²) in [5, 5.41) is 3.73. The standard InChI is InChI=1S/C16H14F3N3O4S2/c1-8-14(9(2)26-21-8)28(23,24)22-6-10(7-22)25-15-20-13-11(16(17,18)19)4-3-5-12(13)27-15/h3-5,10H,6-7H2,1-2H3. The maximum absolute atomic E-state index is 13.1. The molecule has 2 aromatic heterocycles. The van der Waals surface area contributed by atoms with Crippen molar-refractivity contribution in [3.63, 3.8) is 0 Å². The zero-order valence-corrected chi connectivity index (χ0v) is 16.3. The number of nitrogens with zero attached hydrogens (tertiary/aromatic N) is 3. The minimum absolute atomic E-state index is 0.0285. The van der Waals surface area contributed by atoms with Crippen molar-refractivity contribution in [3.05, 3.63) is 35.2 Å². The van der Waals surface area contributed by atoms with Gasteiger partial charge in [0.25, 0.3) is 5.19 Å². The molecule has 1 aliphatic rings. The topological polar surface area (TPSA) is 85.5 Å². The summed E-state index contributed by atoms with van der Waals surface area (Å²) in [6.07, 6.45) is -5.01. The Hall–Kier alpha value is -2.18. The van der Waals surface area contributed by atoms with Gasteiger partial charge in [-0.3, -0.25) is 0 Å². The Morgan fingerprint density at radius 2 is 2.00 bits per heavy atom. The number of hydrogen-bond acceptors (Lipinski definition) is 7. The molecule has 0 radical (unpaired) electrons. The first kappa shape index (κ1) is 19.2. The van der Waals surface area contributed by atoms with Gasteiger partial charge >= 0.3 is 6.18 Å². The quantitative estimate of drug-likeness (QED) is 0.627. The fourth-order valence-electron chi connectivity index (χ4n) is 2.99. The zero-order chi connectivity index (χ0) is 20.3. The van der Waals surface area contributed by atoms with Crippen LogP contribution in [0, 0.1) is 13.8 Å². The Balaban J connectivity index is 1.50. The highest BCUT2D eigenvalue weighted by Gasteiger charge is 2.41. The normalized spacial score (nSPS) is 16.5. The lowest BCUT2D eigenvalue weighted by Gasteiger charge is -2.36. The molecule has 7 nitrogen and oxygen atoms in total. The first-order chi connectivity index (χ1) is 13.1. The van der Waals surface area contributed by atoms with Crippen molar-refractivity contribution in [2.24, 2.45) is 0 Å². The molecule has 0 aliphatic carbocycles. The summed E-state index contributed by atoms with van der Waals surface area (Å²) in [6.45, 7) is 3.18. The predicted octanol–water partition coefficient (Wildman–Crippen LogP) is 3.37. The largest absolute Gasteiger partial charge is 0.464 e. The molecular weight excluding hydrogens is 419 g/mol. The molecule has 4 rings (SSSR count). The molecule has 3 heterocycles. The van der Waals surface area contributed by atoms with Gasteiger partial charge in [-0.15, -0.1) is 0 Å². The average molecular weight is 433 g/mol. The van der Waals surface area contributed by atoms with E-state index >= 15 is 0 Å². The third-order valence-electron chi connectivity index (χ3n) is 4.35. The minimum Gasteiger partial charge on any atom is -0.464 e. The number of ether oxygens (including phenoxy) is 1. The Morgan fingerprint density at radius 3 is 2.61 bits per heavy atom. The lowest BCUT2D eigenvalue weighted by molar-refractivity contribution is -0.136. The summed E-state index contributed by atoms with van der Waals surface area (Å²) in [5.74, 6) is 0.202. The van der Waals surface area contributed by atoms with E-state index in [1.54, 1.807) is 0 Å². The number of hydrogen-bond donors (Lipinski definition) is 0. The summed E-state index contributed by atoms with van der Waals surface area (Å²) >= 11 is 0.990. The van der Waals surface area contributed by atoms with Crippen molar-refractivity contribution < 1.29 is 30.8 Å². The monoisotopic (exact) mass is 433 g/mol. The van der Waals surface area contributed by atoms with Gasteiger partial charge in [-0.2, -0.15) is 17.5 Å². The van der Waals surface area contributed by atoms with Crippen molar-refractivity contribution >= 4 is 31.6 Å². The molecule has 1 aliphatic heterocycles. The van der Waals surface area contributed by atoms with E-state index in [1.807, 2.05) is 0 Å². The van der Waals surface area contributed by atoms with Gasteiger partial charge in [-0.1, -0.05) is 22.6 Å². The van der Waals surface area contributed by atoms with Crippen LogP contribution in [0.2, 0.25) is 0 Å². The van der Waals surface area contributed by atoms with E-state index in [1.165, 1.54) is 30.3 Å². The molecule has 0 N–H and O–H groups in total. The number of aromatic nitrogens is 2. The molecule has 1 fully saturated rings. The van der Waals surface area contributed by atoms with Gasteiger partial charge < -0.3 is 9.26 Å². The predicted molar refractivity (Wildman–Crippen MR) is 93.8 cm³/mol. The number of halogens is 3. The van der Waals surface area contributed by atoms with E-state index in [-0.39, 0.29) is 40.1 Å². The van der Waals surface area contributed by atoms with Crippen LogP contribution in [0.3, 0.4) is 0 Å². The molecule has 150 valence electrons. The van der Waals surface area contributed by atoms with Crippen LogP contribution in [-0.4, -0.2) is 42.1 Å². The van der Waals surface area contributed by atoms with Crippen LogP contribution in [0.15, 0.2) is 27.6 Å². The lowest BCUT2D eigenvalue weighted by Crippen LogP contribution is -2.56. The van der Waals surface area contributed by atoms with E-state index in [2.05, 4.69) is 10.1 Å². The third kappa shape index (κ3) is 3.14.